The SMILES string of the molecule is O=[N+]([O-])c1c2ccccc2c([N+](=O)[O-])c2n[nH]nc12. The molecule has 0 amide bonds. The van der Waals surface area contributed by atoms with Gasteiger partial charge in [-0.2, -0.15) is 5.21 Å². The van der Waals surface area contributed by atoms with Crippen molar-refractivity contribution in [3.05, 3.63) is 44.5 Å². The summed E-state index contributed by atoms with van der Waals surface area (Å²) in [5.74, 6) is 0. The van der Waals surface area contributed by atoms with E-state index < -0.39 is 9.85 Å². The molecule has 9 heteroatoms. The van der Waals surface area contributed by atoms with Crippen LogP contribution in [0, 0.1) is 20.2 Å². The molecule has 0 saturated carbocycles. The summed E-state index contributed by atoms with van der Waals surface area (Å²) in [5, 5.41) is 32.2. The molecule has 9 nitrogen and oxygen atoms in total. The van der Waals surface area contributed by atoms with Crippen LogP contribution in [-0.4, -0.2) is 25.3 Å². The van der Waals surface area contributed by atoms with Crippen molar-refractivity contribution in [1.82, 2.24) is 15.4 Å². The smallest absolute Gasteiger partial charge is 0.258 e. The van der Waals surface area contributed by atoms with Gasteiger partial charge >= 0.3 is 11.4 Å². The van der Waals surface area contributed by atoms with Crippen LogP contribution in [0.5, 0.6) is 0 Å². The lowest BCUT2D eigenvalue weighted by molar-refractivity contribution is -0.384. The number of rotatable bonds is 2. The summed E-state index contributed by atoms with van der Waals surface area (Å²) in [4.78, 5) is 21.1. The zero-order valence-corrected chi connectivity index (χ0v) is 9.23. The minimum absolute atomic E-state index is 0.115. The highest BCUT2D eigenvalue weighted by Gasteiger charge is 2.29. The Morgan fingerprint density at radius 3 is 1.68 bits per heavy atom. The number of H-pyrrole nitrogens is 1. The fourth-order valence-electron chi connectivity index (χ4n) is 2.08. The first-order valence-electron chi connectivity index (χ1n) is 5.15. The number of aromatic amines is 1. The van der Waals surface area contributed by atoms with Gasteiger partial charge in [-0.15, -0.1) is 10.2 Å². The maximum absolute atomic E-state index is 11.2. The van der Waals surface area contributed by atoms with Crippen LogP contribution in [0.3, 0.4) is 0 Å². The van der Waals surface area contributed by atoms with Crippen LogP contribution in [0.4, 0.5) is 11.4 Å². The van der Waals surface area contributed by atoms with Gasteiger partial charge in [0.2, 0.25) is 0 Å². The van der Waals surface area contributed by atoms with Crippen LogP contribution in [0.1, 0.15) is 0 Å². The number of nitro benzene ring substituents is 2. The Balaban J connectivity index is 2.67. The van der Waals surface area contributed by atoms with Crippen molar-refractivity contribution >= 4 is 33.2 Å². The second kappa shape index (κ2) is 3.70. The predicted molar refractivity (Wildman–Crippen MR) is 64.7 cm³/mol. The Kier molecular flexibility index (Phi) is 2.14. The Labute approximate surface area is 104 Å². The van der Waals surface area contributed by atoms with Crippen LogP contribution in [0.2, 0.25) is 0 Å². The maximum atomic E-state index is 11.2. The standard InChI is InChI=1S/C10H5N5O4/c16-14(17)9-5-3-1-2-4-6(5)10(15(18)19)8-7(9)11-13-12-8/h1-4H,(H,11,12,13). The van der Waals surface area contributed by atoms with Crippen molar-refractivity contribution in [2.24, 2.45) is 0 Å². The van der Waals surface area contributed by atoms with Crippen LogP contribution >= 0.6 is 0 Å². The summed E-state index contributed by atoms with van der Waals surface area (Å²) >= 11 is 0. The zero-order chi connectivity index (χ0) is 13.6. The summed E-state index contributed by atoms with van der Waals surface area (Å²) in [6.45, 7) is 0. The Morgan fingerprint density at radius 2 is 1.32 bits per heavy atom. The monoisotopic (exact) mass is 259 g/mol. The molecule has 1 heterocycles. The lowest BCUT2D eigenvalue weighted by Crippen LogP contribution is -1.96. The number of hydrogen-bond acceptors (Lipinski definition) is 6. The van der Waals surface area contributed by atoms with Gasteiger partial charge in [-0.25, -0.2) is 0 Å². The minimum atomic E-state index is -0.614. The third-order valence-corrected chi connectivity index (χ3v) is 2.80. The summed E-state index contributed by atoms with van der Waals surface area (Å²) in [6.07, 6.45) is 0. The number of nitrogens with one attached hydrogen (secondary N) is 1. The van der Waals surface area contributed by atoms with Crippen molar-refractivity contribution in [1.29, 1.82) is 0 Å². The Morgan fingerprint density at radius 1 is 0.895 bits per heavy atom. The quantitative estimate of drug-likeness (QED) is 0.553. The van der Waals surface area contributed by atoms with Gasteiger partial charge < -0.3 is 0 Å². The summed E-state index contributed by atoms with van der Waals surface area (Å²) in [7, 11) is 0. The Hall–Kier alpha value is -3.10. The number of benzene rings is 2. The first-order chi connectivity index (χ1) is 9.11. The van der Waals surface area contributed by atoms with E-state index in [-0.39, 0.29) is 33.2 Å². The molecular formula is C10H5N5O4. The molecule has 2 aromatic carbocycles. The van der Waals surface area contributed by atoms with Gasteiger partial charge in [0, 0.05) is 0 Å². The molecule has 0 aliphatic heterocycles. The highest BCUT2D eigenvalue weighted by molar-refractivity contribution is 6.12. The van der Waals surface area contributed by atoms with E-state index in [0.717, 1.165) is 0 Å². The first-order valence-corrected chi connectivity index (χ1v) is 5.15. The van der Waals surface area contributed by atoms with Gasteiger partial charge in [-0.3, -0.25) is 20.2 Å². The normalized spacial score (nSPS) is 10.9. The van der Waals surface area contributed by atoms with Crippen LogP contribution in [0.15, 0.2) is 24.3 Å². The number of fused-ring (bicyclic) bond motifs is 2. The van der Waals surface area contributed by atoms with Gasteiger partial charge in [-0.1, -0.05) is 12.1 Å². The molecule has 0 radical (unpaired) electrons. The largest absolute Gasteiger partial charge is 0.307 e. The van der Waals surface area contributed by atoms with Crippen LogP contribution < -0.4 is 0 Å². The van der Waals surface area contributed by atoms with Crippen molar-refractivity contribution in [3.63, 3.8) is 0 Å². The second-order valence-electron chi connectivity index (χ2n) is 3.78. The van der Waals surface area contributed by atoms with Gasteiger partial charge in [0.15, 0.2) is 11.0 Å². The van der Waals surface area contributed by atoms with E-state index in [1.54, 1.807) is 12.1 Å². The molecule has 0 aliphatic rings. The molecule has 0 aliphatic carbocycles. The molecule has 3 rings (SSSR count). The number of nitrogens with zero attached hydrogens (tertiary/aromatic N) is 4. The van der Waals surface area contributed by atoms with Gasteiger partial charge in [0.1, 0.15) is 0 Å². The molecule has 0 atom stereocenters. The minimum Gasteiger partial charge on any atom is -0.258 e. The molecule has 3 aromatic rings. The highest BCUT2D eigenvalue weighted by atomic mass is 16.6. The fourth-order valence-corrected chi connectivity index (χ4v) is 2.08. The van der Waals surface area contributed by atoms with Crippen molar-refractivity contribution in [2.45, 2.75) is 0 Å². The molecule has 0 unspecified atom stereocenters. The molecule has 19 heavy (non-hydrogen) atoms. The molecule has 0 spiro atoms. The highest BCUT2D eigenvalue weighted by Crippen LogP contribution is 2.39. The summed E-state index contributed by atoms with van der Waals surface area (Å²) in [6, 6.07) is 6.05. The van der Waals surface area contributed by atoms with Crippen molar-refractivity contribution in [3.8, 4) is 0 Å². The number of hydrogen-bond donors (Lipinski definition) is 1. The average Bonchev–Trinajstić information content (AvgIpc) is 2.82. The van der Waals surface area contributed by atoms with Crippen LogP contribution in [0.25, 0.3) is 21.8 Å². The topological polar surface area (TPSA) is 128 Å². The lowest BCUT2D eigenvalue weighted by Gasteiger charge is -2.01. The molecule has 0 saturated heterocycles. The number of nitro groups is 2. The molecule has 1 N–H and O–H groups in total. The van der Waals surface area contributed by atoms with Gasteiger partial charge in [0.05, 0.1) is 20.6 Å². The molecule has 0 bridgehead atoms. The summed E-state index contributed by atoms with van der Waals surface area (Å²) < 4.78 is 0. The Bertz CT molecular complexity index is 773. The van der Waals surface area contributed by atoms with E-state index in [4.69, 9.17) is 0 Å². The third-order valence-electron chi connectivity index (χ3n) is 2.80. The van der Waals surface area contributed by atoms with Gasteiger partial charge in [0.25, 0.3) is 0 Å². The number of aromatic nitrogens is 3. The zero-order valence-electron chi connectivity index (χ0n) is 9.23. The maximum Gasteiger partial charge on any atom is 0.307 e. The lowest BCUT2D eigenvalue weighted by atomic mass is 10.1. The second-order valence-corrected chi connectivity index (χ2v) is 3.78. The van der Waals surface area contributed by atoms with E-state index in [9.17, 15) is 20.2 Å². The summed E-state index contributed by atoms with van der Waals surface area (Å²) in [5.41, 5.74) is -0.805. The fraction of sp³-hybridized carbons (Fsp3) is 0. The molecule has 0 fully saturated rings. The predicted octanol–water partition coefficient (Wildman–Crippen LogP) is 1.93. The van der Waals surface area contributed by atoms with Crippen molar-refractivity contribution in [2.75, 3.05) is 0 Å². The van der Waals surface area contributed by atoms with E-state index in [0.29, 0.717) is 0 Å². The average molecular weight is 259 g/mol. The number of non-ortho nitro benzene ring substituents is 2. The molecular weight excluding hydrogens is 254 g/mol. The van der Waals surface area contributed by atoms with Crippen molar-refractivity contribution < 1.29 is 9.85 Å². The van der Waals surface area contributed by atoms with Crippen LogP contribution in [-0.2, 0) is 0 Å². The molecule has 1 aromatic heterocycles. The van der Waals surface area contributed by atoms with E-state index in [2.05, 4.69) is 15.4 Å². The van der Waals surface area contributed by atoms with Gasteiger partial charge in [-0.05, 0) is 12.1 Å². The van der Waals surface area contributed by atoms with E-state index in [1.165, 1.54) is 12.1 Å². The van der Waals surface area contributed by atoms with E-state index >= 15 is 0 Å². The first kappa shape index (κ1) is 11.0. The van der Waals surface area contributed by atoms with E-state index in [1.807, 2.05) is 0 Å². The third kappa shape index (κ3) is 1.41. The molecule has 94 valence electrons.